The smallest absolute Gasteiger partial charge is 0.339 e. The van der Waals surface area contributed by atoms with Gasteiger partial charge in [0.05, 0.1) is 5.56 Å². The topological polar surface area (TPSA) is 33.2 Å². The summed E-state index contributed by atoms with van der Waals surface area (Å²) in [5.41, 5.74) is -0.772. The van der Waals surface area contributed by atoms with Crippen LogP contribution in [0.4, 0.5) is 13.2 Å². The molecule has 3 nitrogen and oxygen atoms in total. The first-order valence-electron chi connectivity index (χ1n) is 7.20. The quantitative estimate of drug-likeness (QED) is 0.776. The van der Waals surface area contributed by atoms with Crippen LogP contribution in [0, 0.1) is 0 Å². The van der Waals surface area contributed by atoms with Gasteiger partial charge in [0.2, 0.25) is 0 Å². The number of carbonyl (C=O) groups is 1. The first-order chi connectivity index (χ1) is 9.89. The van der Waals surface area contributed by atoms with Crippen LogP contribution in [0.3, 0.4) is 0 Å². The number of rotatable bonds is 2. The van der Waals surface area contributed by atoms with Gasteiger partial charge < -0.3 is 4.90 Å². The minimum Gasteiger partial charge on any atom is -0.339 e. The van der Waals surface area contributed by atoms with Gasteiger partial charge in [0.25, 0.3) is 5.91 Å². The van der Waals surface area contributed by atoms with Gasteiger partial charge in [-0.3, -0.25) is 9.78 Å². The second-order valence-electron chi connectivity index (χ2n) is 5.49. The first kappa shape index (κ1) is 15.8. The molecule has 1 amide bonds. The van der Waals surface area contributed by atoms with E-state index in [4.69, 9.17) is 0 Å². The summed E-state index contributed by atoms with van der Waals surface area (Å²) >= 11 is 0. The number of hydrogen-bond acceptors (Lipinski definition) is 2. The molecule has 0 unspecified atom stereocenters. The number of aromatic nitrogens is 1. The van der Waals surface area contributed by atoms with Gasteiger partial charge in [-0.2, -0.15) is 13.2 Å². The van der Waals surface area contributed by atoms with Gasteiger partial charge in [-0.1, -0.05) is 25.7 Å². The third-order valence-corrected chi connectivity index (χ3v) is 3.99. The highest BCUT2D eigenvalue weighted by atomic mass is 19.4. The van der Waals surface area contributed by atoms with Gasteiger partial charge in [0, 0.05) is 19.3 Å². The van der Waals surface area contributed by atoms with Gasteiger partial charge >= 0.3 is 6.18 Å². The highest BCUT2D eigenvalue weighted by Gasteiger charge is 2.32. The molecule has 1 aliphatic rings. The van der Waals surface area contributed by atoms with Crippen LogP contribution in [0.2, 0.25) is 0 Å². The van der Waals surface area contributed by atoms with E-state index in [2.05, 4.69) is 4.98 Å². The fraction of sp³-hybridized carbons (Fsp3) is 0.600. The highest BCUT2D eigenvalue weighted by molar-refractivity contribution is 5.93. The zero-order valence-electron chi connectivity index (χ0n) is 12.0. The van der Waals surface area contributed by atoms with Crippen LogP contribution in [0.5, 0.6) is 0 Å². The molecule has 1 aromatic heterocycles. The molecular weight excluding hydrogens is 281 g/mol. The zero-order chi connectivity index (χ0) is 15.5. The summed E-state index contributed by atoms with van der Waals surface area (Å²) in [7, 11) is 1.72. The summed E-state index contributed by atoms with van der Waals surface area (Å²) in [5.74, 6) is -0.261. The van der Waals surface area contributed by atoms with E-state index in [-0.39, 0.29) is 17.5 Å². The van der Waals surface area contributed by atoms with Crippen LogP contribution in [0.15, 0.2) is 18.3 Å². The van der Waals surface area contributed by atoms with E-state index in [9.17, 15) is 18.0 Å². The average Bonchev–Trinajstić information content (AvgIpc) is 2.74. The van der Waals surface area contributed by atoms with E-state index in [0.717, 1.165) is 37.9 Å². The van der Waals surface area contributed by atoms with E-state index >= 15 is 0 Å². The molecule has 1 aromatic rings. The second kappa shape index (κ2) is 6.45. The third kappa shape index (κ3) is 3.95. The first-order valence-corrected chi connectivity index (χ1v) is 7.20. The van der Waals surface area contributed by atoms with E-state index in [1.807, 2.05) is 0 Å². The molecule has 2 rings (SSSR count). The Hall–Kier alpha value is -1.59. The Labute approximate surface area is 122 Å². The summed E-state index contributed by atoms with van der Waals surface area (Å²) in [6.45, 7) is 0. The molecule has 1 heterocycles. The van der Waals surface area contributed by atoms with Gasteiger partial charge in [0.1, 0.15) is 5.69 Å². The monoisotopic (exact) mass is 300 g/mol. The molecule has 0 aliphatic heterocycles. The summed E-state index contributed by atoms with van der Waals surface area (Å²) in [6.07, 6.45) is 2.99. The van der Waals surface area contributed by atoms with Gasteiger partial charge in [-0.15, -0.1) is 0 Å². The van der Waals surface area contributed by atoms with Gasteiger partial charge in [-0.25, -0.2) is 0 Å². The molecule has 0 spiro atoms. The van der Waals surface area contributed by atoms with Crippen molar-refractivity contribution in [2.45, 2.75) is 50.7 Å². The molecule has 0 atom stereocenters. The second-order valence-corrected chi connectivity index (χ2v) is 5.49. The maximum atomic E-state index is 12.5. The van der Waals surface area contributed by atoms with Crippen molar-refractivity contribution in [1.29, 1.82) is 0 Å². The summed E-state index contributed by atoms with van der Waals surface area (Å²) in [6, 6.07) is 2.22. The number of alkyl halides is 3. The largest absolute Gasteiger partial charge is 0.433 e. The number of carbonyl (C=O) groups excluding carboxylic acids is 1. The number of nitrogens with zero attached hydrogens (tertiary/aromatic N) is 2. The van der Waals surface area contributed by atoms with Crippen LogP contribution in [-0.2, 0) is 6.18 Å². The molecule has 116 valence electrons. The fourth-order valence-corrected chi connectivity index (χ4v) is 2.70. The van der Waals surface area contributed by atoms with Crippen LogP contribution in [-0.4, -0.2) is 28.9 Å². The van der Waals surface area contributed by atoms with Crippen molar-refractivity contribution >= 4 is 5.91 Å². The van der Waals surface area contributed by atoms with E-state index < -0.39 is 11.9 Å². The Balaban J connectivity index is 2.08. The predicted molar refractivity (Wildman–Crippen MR) is 72.8 cm³/mol. The van der Waals surface area contributed by atoms with E-state index in [1.54, 1.807) is 11.9 Å². The van der Waals surface area contributed by atoms with E-state index in [1.165, 1.54) is 18.9 Å². The zero-order valence-corrected chi connectivity index (χ0v) is 12.0. The number of hydrogen-bond donors (Lipinski definition) is 0. The third-order valence-electron chi connectivity index (χ3n) is 3.99. The molecule has 0 bridgehead atoms. The minimum atomic E-state index is -4.48. The van der Waals surface area contributed by atoms with Crippen LogP contribution >= 0.6 is 0 Å². The molecule has 21 heavy (non-hydrogen) atoms. The van der Waals surface area contributed by atoms with Crippen molar-refractivity contribution in [2.75, 3.05) is 7.05 Å². The molecule has 6 heteroatoms. The lowest BCUT2D eigenvalue weighted by Gasteiger charge is -2.27. The average molecular weight is 300 g/mol. The van der Waals surface area contributed by atoms with Crippen molar-refractivity contribution in [3.63, 3.8) is 0 Å². The molecule has 0 radical (unpaired) electrons. The normalized spacial score (nSPS) is 17.3. The number of pyridine rings is 1. The Morgan fingerprint density at radius 2 is 1.81 bits per heavy atom. The summed E-state index contributed by atoms with van der Waals surface area (Å²) in [4.78, 5) is 17.3. The maximum Gasteiger partial charge on any atom is 0.433 e. The lowest BCUT2D eigenvalue weighted by Crippen LogP contribution is -2.36. The van der Waals surface area contributed by atoms with Crippen LogP contribution in [0.25, 0.3) is 0 Å². The molecule has 1 aliphatic carbocycles. The predicted octanol–water partition coefficient (Wildman–Crippen LogP) is 3.90. The molecule has 1 saturated carbocycles. The van der Waals surface area contributed by atoms with Crippen molar-refractivity contribution in [3.05, 3.63) is 29.6 Å². The van der Waals surface area contributed by atoms with Gasteiger partial charge in [0.15, 0.2) is 0 Å². The molecule has 0 saturated heterocycles. The lowest BCUT2D eigenvalue weighted by molar-refractivity contribution is -0.141. The molecule has 0 N–H and O–H groups in total. The SMILES string of the molecule is CN(C(=O)c1ccc(C(F)(F)F)nc1)C1CCCCCC1. The standard InChI is InChI=1S/C15H19F3N2O/c1-20(12-6-4-2-3-5-7-12)14(21)11-8-9-13(19-10-11)15(16,17)18/h8-10,12H,2-7H2,1H3. The fourth-order valence-electron chi connectivity index (χ4n) is 2.70. The molecule has 1 fully saturated rings. The Kier molecular flexibility index (Phi) is 4.85. The number of amides is 1. The van der Waals surface area contributed by atoms with Crippen LogP contribution in [0.1, 0.15) is 54.6 Å². The maximum absolute atomic E-state index is 12.5. The van der Waals surface area contributed by atoms with Crippen LogP contribution < -0.4 is 0 Å². The summed E-state index contributed by atoms with van der Waals surface area (Å²) in [5, 5.41) is 0. The minimum absolute atomic E-state index is 0.169. The van der Waals surface area contributed by atoms with E-state index in [0.29, 0.717) is 0 Å². The van der Waals surface area contributed by atoms with Crippen molar-refractivity contribution in [3.8, 4) is 0 Å². The Morgan fingerprint density at radius 3 is 2.29 bits per heavy atom. The summed E-state index contributed by atoms with van der Waals surface area (Å²) < 4.78 is 37.4. The number of halogens is 3. The Bertz CT molecular complexity index is 477. The van der Waals surface area contributed by atoms with Crippen molar-refractivity contribution in [2.24, 2.45) is 0 Å². The highest BCUT2D eigenvalue weighted by Crippen LogP contribution is 2.27. The molecular formula is C15H19F3N2O. The van der Waals surface area contributed by atoms with Crippen molar-refractivity contribution in [1.82, 2.24) is 9.88 Å². The lowest BCUT2D eigenvalue weighted by atomic mass is 10.1. The van der Waals surface area contributed by atoms with Gasteiger partial charge in [-0.05, 0) is 25.0 Å². The molecule has 0 aromatic carbocycles. The van der Waals surface area contributed by atoms with Crippen molar-refractivity contribution < 1.29 is 18.0 Å². The Morgan fingerprint density at radius 1 is 1.19 bits per heavy atom.